The summed E-state index contributed by atoms with van der Waals surface area (Å²) in [5.41, 5.74) is 2.02. The zero-order valence-corrected chi connectivity index (χ0v) is 21.4. The molecule has 0 bridgehead atoms. The maximum absolute atomic E-state index is 14.6. The Morgan fingerprint density at radius 2 is 1.64 bits per heavy atom. The van der Waals surface area contributed by atoms with E-state index in [1.54, 1.807) is 26.0 Å². The summed E-state index contributed by atoms with van der Waals surface area (Å²) < 4.78 is 57.0. The number of benzene rings is 2. The van der Waals surface area contributed by atoms with Crippen LogP contribution in [0.2, 0.25) is 0 Å². The summed E-state index contributed by atoms with van der Waals surface area (Å²) in [5, 5.41) is 2.92. The van der Waals surface area contributed by atoms with Gasteiger partial charge in [0.15, 0.2) is 5.65 Å². The van der Waals surface area contributed by atoms with Crippen LogP contribution in [-0.4, -0.2) is 40.4 Å². The number of halogens is 2. The normalized spacial score (nSPS) is 12.1. The number of H-pyrrole nitrogens is 1. The van der Waals surface area contributed by atoms with Crippen LogP contribution in [0.3, 0.4) is 0 Å². The standard InChI is InChI=1S/C26H28F2N4O3S/c1-5-13-31(14-6-2)36(34,35)20-10-7-18(8-11-20)24-16(3)26(33)32-25(29-24)23(17(4)30-32)21-12-9-19(27)15-22(21)28/h7-12,15,30H,5-6,13-14H2,1-4H3. The van der Waals surface area contributed by atoms with Crippen LogP contribution in [0.5, 0.6) is 0 Å². The third kappa shape index (κ3) is 4.46. The molecule has 0 saturated heterocycles. The van der Waals surface area contributed by atoms with Gasteiger partial charge in [-0.3, -0.25) is 9.89 Å². The number of aromatic amines is 1. The highest BCUT2D eigenvalue weighted by atomic mass is 32.2. The molecule has 4 rings (SSSR count). The molecule has 0 aliphatic heterocycles. The Hall–Kier alpha value is -3.37. The number of hydrogen-bond acceptors (Lipinski definition) is 4. The lowest BCUT2D eigenvalue weighted by Gasteiger charge is -2.21. The number of sulfonamides is 1. The number of aromatic nitrogens is 3. The van der Waals surface area contributed by atoms with E-state index >= 15 is 0 Å². The van der Waals surface area contributed by atoms with Crippen molar-refractivity contribution in [1.29, 1.82) is 0 Å². The van der Waals surface area contributed by atoms with Crippen molar-refractivity contribution in [2.75, 3.05) is 13.1 Å². The highest BCUT2D eigenvalue weighted by molar-refractivity contribution is 7.89. The Morgan fingerprint density at radius 3 is 2.22 bits per heavy atom. The van der Waals surface area contributed by atoms with Crippen LogP contribution >= 0.6 is 0 Å². The number of rotatable bonds is 8. The minimum absolute atomic E-state index is 0.114. The molecule has 2 heterocycles. The fourth-order valence-electron chi connectivity index (χ4n) is 4.35. The lowest BCUT2D eigenvalue weighted by Crippen LogP contribution is -2.32. The van der Waals surface area contributed by atoms with Gasteiger partial charge in [0.1, 0.15) is 11.6 Å². The summed E-state index contributed by atoms with van der Waals surface area (Å²) in [6.45, 7) is 8.03. The van der Waals surface area contributed by atoms with Gasteiger partial charge < -0.3 is 0 Å². The van der Waals surface area contributed by atoms with Crippen LogP contribution in [0.1, 0.15) is 37.9 Å². The third-order valence-electron chi connectivity index (χ3n) is 6.10. The van der Waals surface area contributed by atoms with Gasteiger partial charge in [0.05, 0.1) is 10.6 Å². The Labute approximate surface area is 208 Å². The molecule has 2 aromatic carbocycles. The SMILES string of the molecule is CCCN(CCC)S(=O)(=O)c1ccc(-c2nc3c(-c4ccc(F)cc4F)c(C)[nH]n3c(=O)c2C)cc1. The summed E-state index contributed by atoms with van der Waals surface area (Å²) in [6.07, 6.45) is 1.41. The minimum atomic E-state index is -3.66. The summed E-state index contributed by atoms with van der Waals surface area (Å²) in [4.78, 5) is 18.0. The van der Waals surface area contributed by atoms with E-state index in [2.05, 4.69) is 10.1 Å². The number of hydrogen-bond donors (Lipinski definition) is 1. The van der Waals surface area contributed by atoms with Crippen molar-refractivity contribution in [3.05, 3.63) is 75.7 Å². The van der Waals surface area contributed by atoms with E-state index in [4.69, 9.17) is 0 Å². The predicted octanol–water partition coefficient (Wildman–Crippen LogP) is 5.06. The van der Waals surface area contributed by atoms with Crippen molar-refractivity contribution < 1.29 is 17.2 Å². The van der Waals surface area contributed by atoms with Gasteiger partial charge in [0, 0.05) is 47.1 Å². The van der Waals surface area contributed by atoms with Gasteiger partial charge in [0.2, 0.25) is 10.0 Å². The highest BCUT2D eigenvalue weighted by Crippen LogP contribution is 2.31. The quantitative estimate of drug-likeness (QED) is 0.356. The first-order valence-corrected chi connectivity index (χ1v) is 13.2. The van der Waals surface area contributed by atoms with Gasteiger partial charge in [0.25, 0.3) is 5.56 Å². The van der Waals surface area contributed by atoms with Crippen LogP contribution < -0.4 is 5.56 Å². The van der Waals surface area contributed by atoms with Crippen LogP contribution in [0.15, 0.2) is 52.2 Å². The van der Waals surface area contributed by atoms with Crippen molar-refractivity contribution in [1.82, 2.24) is 18.9 Å². The third-order valence-corrected chi connectivity index (χ3v) is 8.01. The second-order valence-corrected chi connectivity index (χ2v) is 10.7. The van der Waals surface area contributed by atoms with E-state index in [1.807, 2.05) is 13.8 Å². The molecule has 4 aromatic rings. The maximum Gasteiger partial charge on any atom is 0.276 e. The van der Waals surface area contributed by atoms with Crippen LogP contribution in [0.4, 0.5) is 8.78 Å². The van der Waals surface area contributed by atoms with Crippen LogP contribution in [0.25, 0.3) is 28.0 Å². The number of aryl methyl sites for hydroxylation is 1. The van der Waals surface area contributed by atoms with E-state index in [-0.39, 0.29) is 21.7 Å². The Morgan fingerprint density at radius 1 is 1.00 bits per heavy atom. The molecule has 7 nitrogen and oxygen atoms in total. The van der Waals surface area contributed by atoms with Gasteiger partial charge in [-0.15, -0.1) is 0 Å². The first-order chi connectivity index (χ1) is 17.1. The predicted molar refractivity (Wildman–Crippen MR) is 135 cm³/mol. The molecule has 0 spiro atoms. The van der Waals surface area contributed by atoms with Crippen LogP contribution in [0, 0.1) is 25.5 Å². The molecule has 36 heavy (non-hydrogen) atoms. The molecule has 0 aliphatic rings. The van der Waals surface area contributed by atoms with Crippen molar-refractivity contribution in [3.8, 4) is 22.4 Å². The highest BCUT2D eigenvalue weighted by Gasteiger charge is 2.24. The molecule has 0 saturated carbocycles. The summed E-state index contributed by atoms with van der Waals surface area (Å²) >= 11 is 0. The Bertz CT molecular complexity index is 1590. The van der Waals surface area contributed by atoms with Gasteiger partial charge in [-0.25, -0.2) is 26.7 Å². The molecule has 0 radical (unpaired) electrons. The van der Waals surface area contributed by atoms with E-state index < -0.39 is 21.7 Å². The Balaban J connectivity index is 1.84. The van der Waals surface area contributed by atoms with E-state index in [9.17, 15) is 22.0 Å². The topological polar surface area (TPSA) is 87.5 Å². The van der Waals surface area contributed by atoms with Crippen molar-refractivity contribution >= 4 is 15.7 Å². The first kappa shape index (κ1) is 25.7. The molecule has 0 atom stereocenters. The van der Waals surface area contributed by atoms with Gasteiger partial charge in [-0.1, -0.05) is 26.0 Å². The van der Waals surface area contributed by atoms with Gasteiger partial charge >= 0.3 is 0 Å². The molecular formula is C26H28F2N4O3S. The molecule has 0 unspecified atom stereocenters. The Kier molecular flexibility index (Phi) is 7.10. The zero-order valence-electron chi connectivity index (χ0n) is 20.6. The van der Waals surface area contributed by atoms with E-state index in [0.717, 1.165) is 12.1 Å². The first-order valence-electron chi connectivity index (χ1n) is 11.8. The molecule has 1 N–H and O–H groups in total. The number of nitrogens with one attached hydrogen (secondary N) is 1. The maximum atomic E-state index is 14.6. The second kappa shape index (κ2) is 9.94. The fraction of sp³-hybridized carbons (Fsp3) is 0.308. The molecule has 190 valence electrons. The monoisotopic (exact) mass is 514 g/mol. The average molecular weight is 515 g/mol. The van der Waals surface area contributed by atoms with Gasteiger partial charge in [-0.2, -0.15) is 4.31 Å². The van der Waals surface area contributed by atoms with Gasteiger partial charge in [-0.05, 0) is 51.0 Å². The molecule has 10 heteroatoms. The van der Waals surface area contributed by atoms with E-state index in [0.29, 0.717) is 54.0 Å². The molecule has 2 aromatic heterocycles. The number of fused-ring (bicyclic) bond motifs is 1. The molecular weight excluding hydrogens is 486 g/mol. The second-order valence-electron chi connectivity index (χ2n) is 8.71. The smallest absolute Gasteiger partial charge is 0.276 e. The van der Waals surface area contributed by atoms with Crippen molar-refractivity contribution in [3.63, 3.8) is 0 Å². The summed E-state index contributed by atoms with van der Waals surface area (Å²) in [7, 11) is -3.66. The lowest BCUT2D eigenvalue weighted by atomic mass is 10.0. The average Bonchev–Trinajstić information content (AvgIpc) is 3.17. The van der Waals surface area contributed by atoms with Crippen molar-refractivity contribution in [2.45, 2.75) is 45.4 Å². The van der Waals surface area contributed by atoms with Crippen LogP contribution in [-0.2, 0) is 10.0 Å². The molecule has 0 fully saturated rings. The molecule has 0 aliphatic carbocycles. The van der Waals surface area contributed by atoms with Crippen molar-refractivity contribution in [2.24, 2.45) is 0 Å². The molecule has 0 amide bonds. The van der Waals surface area contributed by atoms with E-state index in [1.165, 1.54) is 27.0 Å². The largest absolute Gasteiger partial charge is 0.293 e. The lowest BCUT2D eigenvalue weighted by molar-refractivity contribution is 0.410. The zero-order chi connectivity index (χ0) is 26.2. The summed E-state index contributed by atoms with van der Waals surface area (Å²) in [6, 6.07) is 9.49. The summed E-state index contributed by atoms with van der Waals surface area (Å²) in [5.74, 6) is -1.48. The minimum Gasteiger partial charge on any atom is -0.293 e. The number of nitrogens with zero attached hydrogens (tertiary/aromatic N) is 3. The fourth-order valence-corrected chi connectivity index (χ4v) is 5.97.